The summed E-state index contributed by atoms with van der Waals surface area (Å²) in [5.41, 5.74) is 0.736. The Morgan fingerprint density at radius 3 is 2.73 bits per heavy atom. The highest BCUT2D eigenvalue weighted by Gasteiger charge is 2.36. The van der Waals surface area contributed by atoms with E-state index >= 15 is 0 Å². The predicted molar refractivity (Wildman–Crippen MR) is 85.2 cm³/mol. The van der Waals surface area contributed by atoms with E-state index in [1.807, 2.05) is 18.2 Å². The first-order valence-electron chi connectivity index (χ1n) is 8.16. The van der Waals surface area contributed by atoms with Gasteiger partial charge in [0.25, 0.3) is 0 Å². The largest absolute Gasteiger partial charge is 0.497 e. The van der Waals surface area contributed by atoms with Crippen molar-refractivity contribution in [2.45, 2.75) is 57.6 Å². The normalized spacial score (nSPS) is 23.5. The molecule has 0 saturated heterocycles. The summed E-state index contributed by atoms with van der Waals surface area (Å²) in [5, 5.41) is 3.25. The quantitative estimate of drug-likeness (QED) is 0.928. The van der Waals surface area contributed by atoms with Crippen LogP contribution in [-0.2, 0) is 4.79 Å². The summed E-state index contributed by atoms with van der Waals surface area (Å²) < 4.78 is 11.4. The number of rotatable bonds is 3. The zero-order valence-electron chi connectivity index (χ0n) is 13.6. The van der Waals surface area contributed by atoms with Crippen molar-refractivity contribution in [1.29, 1.82) is 0 Å². The molecule has 1 saturated carbocycles. The number of methoxy groups -OCH3 is 1. The fraction of sp³-hybridized carbons (Fsp3) is 0.611. The molecule has 1 amide bonds. The molecule has 1 aromatic carbocycles. The first-order valence-corrected chi connectivity index (χ1v) is 8.16. The molecule has 4 nitrogen and oxygen atoms in total. The molecule has 2 aliphatic rings. The minimum absolute atomic E-state index is 0.0121. The Morgan fingerprint density at radius 1 is 1.32 bits per heavy atom. The van der Waals surface area contributed by atoms with Gasteiger partial charge >= 0.3 is 0 Å². The van der Waals surface area contributed by atoms with Gasteiger partial charge in [0.15, 0.2) is 0 Å². The van der Waals surface area contributed by atoms with Gasteiger partial charge in [-0.25, -0.2) is 0 Å². The maximum absolute atomic E-state index is 12.5. The minimum atomic E-state index is -0.283. The van der Waals surface area contributed by atoms with Gasteiger partial charge in [0.2, 0.25) is 5.91 Å². The highest BCUT2D eigenvalue weighted by atomic mass is 16.5. The zero-order chi connectivity index (χ0) is 15.7. The number of hydrogen-bond acceptors (Lipinski definition) is 3. The molecule has 0 bridgehead atoms. The summed E-state index contributed by atoms with van der Waals surface area (Å²) in [5.74, 6) is 2.00. The fourth-order valence-electron chi connectivity index (χ4n) is 3.57. The van der Waals surface area contributed by atoms with Crippen LogP contribution in [0.5, 0.6) is 11.5 Å². The lowest BCUT2D eigenvalue weighted by Gasteiger charge is -2.38. The van der Waals surface area contributed by atoms with Crippen molar-refractivity contribution >= 4 is 5.91 Å². The van der Waals surface area contributed by atoms with Crippen molar-refractivity contribution < 1.29 is 14.3 Å². The summed E-state index contributed by atoms with van der Waals surface area (Å²) in [6.45, 7) is 4.13. The number of carbonyl (C=O) groups excluding carboxylic acids is 1. The molecule has 120 valence electrons. The molecular weight excluding hydrogens is 278 g/mol. The highest BCUT2D eigenvalue weighted by Crippen LogP contribution is 2.41. The standard InChI is InChI=1S/C18H25NO3/c1-18(2)11-15(19-17(20)12-6-4-5-7-12)14-10-13(21-3)8-9-16(14)22-18/h8-10,12,15H,4-7,11H2,1-3H3,(H,19,20)/t15-/m0/s1. The van der Waals surface area contributed by atoms with Crippen molar-refractivity contribution in [3.8, 4) is 11.5 Å². The Balaban J connectivity index is 1.84. The van der Waals surface area contributed by atoms with Crippen molar-refractivity contribution in [3.05, 3.63) is 23.8 Å². The molecule has 1 heterocycles. The third-order valence-electron chi connectivity index (χ3n) is 4.72. The van der Waals surface area contributed by atoms with Gasteiger partial charge in [0, 0.05) is 17.9 Å². The van der Waals surface area contributed by atoms with E-state index in [4.69, 9.17) is 9.47 Å². The molecule has 1 fully saturated rings. The number of fused-ring (bicyclic) bond motifs is 1. The van der Waals surface area contributed by atoms with Gasteiger partial charge in [0.05, 0.1) is 13.2 Å². The Labute approximate surface area is 132 Å². The van der Waals surface area contributed by atoms with Crippen LogP contribution in [0.1, 0.15) is 57.6 Å². The summed E-state index contributed by atoms with van der Waals surface area (Å²) >= 11 is 0. The van der Waals surface area contributed by atoms with Crippen LogP contribution in [-0.4, -0.2) is 18.6 Å². The second kappa shape index (κ2) is 5.82. The summed E-state index contributed by atoms with van der Waals surface area (Å²) in [7, 11) is 1.65. The number of amides is 1. The van der Waals surface area contributed by atoms with Gasteiger partial charge in [-0.1, -0.05) is 12.8 Å². The van der Waals surface area contributed by atoms with Crippen LogP contribution in [0, 0.1) is 5.92 Å². The minimum Gasteiger partial charge on any atom is -0.497 e. The highest BCUT2D eigenvalue weighted by molar-refractivity contribution is 5.79. The first kappa shape index (κ1) is 15.2. The molecule has 0 unspecified atom stereocenters. The topological polar surface area (TPSA) is 47.6 Å². The van der Waals surface area contributed by atoms with Crippen LogP contribution < -0.4 is 14.8 Å². The molecular formula is C18H25NO3. The molecule has 3 rings (SSSR count). The SMILES string of the molecule is COc1ccc2c(c1)[C@@H](NC(=O)C1CCCC1)CC(C)(C)O2. The van der Waals surface area contributed by atoms with Gasteiger partial charge in [0.1, 0.15) is 17.1 Å². The van der Waals surface area contributed by atoms with Crippen molar-refractivity contribution in [1.82, 2.24) is 5.32 Å². The zero-order valence-corrected chi connectivity index (χ0v) is 13.6. The van der Waals surface area contributed by atoms with Gasteiger partial charge in [-0.2, -0.15) is 0 Å². The van der Waals surface area contributed by atoms with E-state index in [1.54, 1.807) is 7.11 Å². The van der Waals surface area contributed by atoms with Gasteiger partial charge in [-0.3, -0.25) is 4.79 Å². The van der Waals surface area contributed by atoms with Gasteiger partial charge in [-0.05, 0) is 44.9 Å². The molecule has 1 aromatic rings. The van der Waals surface area contributed by atoms with Crippen LogP contribution in [0.4, 0.5) is 0 Å². The molecule has 22 heavy (non-hydrogen) atoms. The maximum atomic E-state index is 12.5. The lowest BCUT2D eigenvalue weighted by molar-refractivity contribution is -0.126. The monoisotopic (exact) mass is 303 g/mol. The van der Waals surface area contributed by atoms with E-state index in [-0.39, 0.29) is 23.5 Å². The van der Waals surface area contributed by atoms with Crippen LogP contribution in [0.25, 0.3) is 0 Å². The number of hydrogen-bond donors (Lipinski definition) is 1. The molecule has 0 radical (unpaired) electrons. The van der Waals surface area contributed by atoms with Crippen LogP contribution >= 0.6 is 0 Å². The third kappa shape index (κ3) is 3.06. The molecule has 1 aliphatic heterocycles. The van der Waals surface area contributed by atoms with Crippen LogP contribution in [0.15, 0.2) is 18.2 Å². The Bertz CT molecular complexity index is 561. The second-order valence-electron chi connectivity index (χ2n) is 7.01. The van der Waals surface area contributed by atoms with E-state index in [0.29, 0.717) is 0 Å². The lowest BCUT2D eigenvalue weighted by Crippen LogP contribution is -2.42. The summed E-state index contributed by atoms with van der Waals surface area (Å²) in [6, 6.07) is 5.80. The molecule has 4 heteroatoms. The maximum Gasteiger partial charge on any atom is 0.223 e. The molecule has 0 aromatic heterocycles. The predicted octanol–water partition coefficient (Wildman–Crippen LogP) is 3.60. The Kier molecular flexibility index (Phi) is 4.02. The first-order chi connectivity index (χ1) is 10.5. The molecule has 1 atom stereocenters. The number of benzene rings is 1. The van der Waals surface area contributed by atoms with Crippen molar-refractivity contribution in [3.63, 3.8) is 0 Å². The number of carbonyl (C=O) groups is 1. The van der Waals surface area contributed by atoms with Crippen LogP contribution in [0.3, 0.4) is 0 Å². The summed E-state index contributed by atoms with van der Waals surface area (Å²) in [4.78, 5) is 12.5. The molecule has 1 N–H and O–H groups in total. The molecule has 1 aliphatic carbocycles. The Morgan fingerprint density at radius 2 is 2.05 bits per heavy atom. The van der Waals surface area contributed by atoms with Gasteiger partial charge in [-0.15, -0.1) is 0 Å². The Hall–Kier alpha value is -1.71. The fourth-order valence-corrected chi connectivity index (χ4v) is 3.57. The smallest absolute Gasteiger partial charge is 0.223 e. The summed E-state index contributed by atoms with van der Waals surface area (Å²) in [6.07, 6.45) is 5.14. The van der Waals surface area contributed by atoms with E-state index in [2.05, 4.69) is 19.2 Å². The van der Waals surface area contributed by atoms with Crippen molar-refractivity contribution in [2.24, 2.45) is 5.92 Å². The molecule has 0 spiro atoms. The van der Waals surface area contributed by atoms with E-state index in [1.165, 1.54) is 12.8 Å². The average molecular weight is 303 g/mol. The van der Waals surface area contributed by atoms with Gasteiger partial charge < -0.3 is 14.8 Å². The van der Waals surface area contributed by atoms with E-state index in [9.17, 15) is 4.79 Å². The third-order valence-corrected chi connectivity index (χ3v) is 4.72. The number of nitrogens with one attached hydrogen (secondary N) is 1. The lowest BCUT2D eigenvalue weighted by atomic mass is 9.89. The van der Waals surface area contributed by atoms with E-state index in [0.717, 1.165) is 36.3 Å². The second-order valence-corrected chi connectivity index (χ2v) is 7.01. The van der Waals surface area contributed by atoms with Crippen LogP contribution in [0.2, 0.25) is 0 Å². The number of ether oxygens (including phenoxy) is 2. The van der Waals surface area contributed by atoms with E-state index < -0.39 is 0 Å². The van der Waals surface area contributed by atoms with Crippen molar-refractivity contribution in [2.75, 3.05) is 7.11 Å². The average Bonchev–Trinajstić information content (AvgIpc) is 3.00.